The summed E-state index contributed by atoms with van der Waals surface area (Å²) in [5.41, 5.74) is 4.38. The van der Waals surface area contributed by atoms with Crippen LogP contribution in [0.2, 0.25) is 0 Å². The second-order valence-electron chi connectivity index (χ2n) is 6.61. The van der Waals surface area contributed by atoms with E-state index in [1.807, 2.05) is 32.0 Å². The van der Waals surface area contributed by atoms with Crippen LogP contribution in [0.4, 0.5) is 5.69 Å². The van der Waals surface area contributed by atoms with E-state index in [1.165, 1.54) is 16.3 Å². The van der Waals surface area contributed by atoms with Crippen molar-refractivity contribution in [3.63, 3.8) is 0 Å². The summed E-state index contributed by atoms with van der Waals surface area (Å²) in [6.07, 6.45) is 0. The predicted octanol–water partition coefficient (Wildman–Crippen LogP) is 3.72. The van der Waals surface area contributed by atoms with Gasteiger partial charge in [0, 0.05) is 11.3 Å². The minimum atomic E-state index is 0.0319. The van der Waals surface area contributed by atoms with Gasteiger partial charge in [0.1, 0.15) is 6.04 Å². The molecule has 0 unspecified atom stereocenters. The van der Waals surface area contributed by atoms with Crippen molar-refractivity contribution in [2.75, 3.05) is 11.9 Å². The van der Waals surface area contributed by atoms with Crippen LogP contribution in [-0.2, 0) is 4.79 Å². The number of amides is 1. The molecule has 1 atom stereocenters. The van der Waals surface area contributed by atoms with Crippen LogP contribution < -0.4 is 10.6 Å². The number of aryl methyl sites for hydroxylation is 2. The number of carbonyl (C=O) groups excluding carboxylic acids is 1. The monoisotopic (exact) mass is 333 g/mol. The number of hydrogen-bond donors (Lipinski definition) is 2. The van der Waals surface area contributed by atoms with E-state index in [1.54, 1.807) is 0 Å². The van der Waals surface area contributed by atoms with Crippen LogP contribution in [0.5, 0.6) is 0 Å². The normalized spacial score (nSPS) is 12.1. The van der Waals surface area contributed by atoms with Crippen LogP contribution in [0.25, 0.3) is 10.8 Å². The summed E-state index contributed by atoms with van der Waals surface area (Å²) in [5.74, 6) is 0.0319. The number of hydrogen-bond acceptors (Lipinski definition) is 1. The van der Waals surface area contributed by atoms with E-state index >= 15 is 0 Å². The largest absolute Gasteiger partial charge is 0.332 e. The number of nitrogens with two attached hydrogens (primary N) is 1. The molecule has 1 amide bonds. The maximum Gasteiger partial charge on any atom is 0.279 e. The van der Waals surface area contributed by atoms with Gasteiger partial charge in [0.15, 0.2) is 6.54 Å². The number of quaternary nitrogens is 1. The molecule has 0 aliphatic rings. The summed E-state index contributed by atoms with van der Waals surface area (Å²) < 4.78 is 0. The molecule has 0 aliphatic heterocycles. The molecule has 3 aromatic rings. The lowest BCUT2D eigenvalue weighted by Crippen LogP contribution is -2.86. The first-order chi connectivity index (χ1) is 12.1. The number of benzene rings is 3. The van der Waals surface area contributed by atoms with Crippen molar-refractivity contribution in [2.45, 2.75) is 26.8 Å². The maximum absolute atomic E-state index is 12.4. The lowest BCUT2D eigenvalue weighted by atomic mass is 10.00. The molecular weight excluding hydrogens is 308 g/mol. The van der Waals surface area contributed by atoms with Crippen LogP contribution in [-0.4, -0.2) is 12.5 Å². The Morgan fingerprint density at radius 1 is 0.960 bits per heavy atom. The Bertz CT molecular complexity index is 876. The van der Waals surface area contributed by atoms with Gasteiger partial charge in [-0.15, -0.1) is 0 Å². The van der Waals surface area contributed by atoms with Gasteiger partial charge < -0.3 is 10.6 Å². The summed E-state index contributed by atoms with van der Waals surface area (Å²) in [4.78, 5) is 12.4. The number of nitrogens with one attached hydrogen (secondary N) is 1. The molecule has 3 rings (SSSR count). The Morgan fingerprint density at radius 3 is 2.36 bits per heavy atom. The number of anilines is 1. The van der Waals surface area contributed by atoms with Crippen molar-refractivity contribution >= 4 is 22.4 Å². The Balaban J connectivity index is 1.67. The zero-order chi connectivity index (χ0) is 17.8. The van der Waals surface area contributed by atoms with Crippen molar-refractivity contribution in [1.29, 1.82) is 0 Å². The smallest absolute Gasteiger partial charge is 0.279 e. The highest BCUT2D eigenvalue weighted by atomic mass is 16.1. The molecule has 0 heterocycles. The fraction of sp³-hybridized carbons (Fsp3) is 0.227. The van der Waals surface area contributed by atoms with Crippen LogP contribution in [0, 0.1) is 13.8 Å². The van der Waals surface area contributed by atoms with Gasteiger partial charge in [0.05, 0.1) is 0 Å². The van der Waals surface area contributed by atoms with E-state index in [2.05, 4.69) is 60.0 Å². The molecule has 0 saturated carbocycles. The van der Waals surface area contributed by atoms with E-state index in [9.17, 15) is 4.79 Å². The fourth-order valence-electron chi connectivity index (χ4n) is 3.26. The van der Waals surface area contributed by atoms with E-state index < -0.39 is 0 Å². The van der Waals surface area contributed by atoms with E-state index in [0.717, 1.165) is 16.8 Å². The average Bonchev–Trinajstić information content (AvgIpc) is 2.62. The fourth-order valence-corrected chi connectivity index (χ4v) is 3.26. The molecular formula is C22H25N2O+. The van der Waals surface area contributed by atoms with Gasteiger partial charge >= 0.3 is 0 Å². The molecule has 0 spiro atoms. The highest BCUT2D eigenvalue weighted by Crippen LogP contribution is 2.22. The quantitative estimate of drug-likeness (QED) is 0.734. The van der Waals surface area contributed by atoms with Crippen LogP contribution >= 0.6 is 0 Å². The second kappa shape index (κ2) is 7.49. The van der Waals surface area contributed by atoms with Gasteiger partial charge in [-0.25, -0.2) is 0 Å². The second-order valence-corrected chi connectivity index (χ2v) is 6.61. The number of carbonyl (C=O) groups is 1. The van der Waals surface area contributed by atoms with Crippen molar-refractivity contribution in [3.8, 4) is 0 Å². The van der Waals surface area contributed by atoms with Crippen LogP contribution in [0.1, 0.15) is 29.7 Å². The topological polar surface area (TPSA) is 45.7 Å². The summed E-state index contributed by atoms with van der Waals surface area (Å²) in [6.45, 7) is 6.59. The lowest BCUT2D eigenvalue weighted by molar-refractivity contribution is -0.682. The number of fused-ring (bicyclic) bond motifs is 1. The third kappa shape index (κ3) is 3.89. The molecule has 0 saturated heterocycles. The van der Waals surface area contributed by atoms with Crippen molar-refractivity contribution in [2.24, 2.45) is 0 Å². The molecule has 0 bridgehead atoms. The summed E-state index contributed by atoms with van der Waals surface area (Å²) in [6, 6.07) is 21.0. The molecule has 3 heteroatoms. The first kappa shape index (κ1) is 17.2. The third-order valence-corrected chi connectivity index (χ3v) is 4.72. The summed E-state index contributed by atoms with van der Waals surface area (Å²) in [5, 5.41) is 7.63. The highest BCUT2D eigenvalue weighted by molar-refractivity contribution is 5.93. The minimum absolute atomic E-state index is 0.0319. The van der Waals surface area contributed by atoms with Crippen molar-refractivity contribution in [1.82, 2.24) is 0 Å². The Kier molecular flexibility index (Phi) is 5.15. The zero-order valence-electron chi connectivity index (χ0n) is 15.0. The molecule has 0 fully saturated rings. The molecule has 3 N–H and O–H groups in total. The lowest BCUT2D eigenvalue weighted by Gasteiger charge is -2.15. The molecule has 0 aromatic heterocycles. The zero-order valence-corrected chi connectivity index (χ0v) is 15.0. The maximum atomic E-state index is 12.4. The number of rotatable bonds is 5. The SMILES string of the molecule is Cc1cccc(C)c1NC(=O)C[NH2+][C@@H](C)c1cccc2ccccc12. The van der Waals surface area contributed by atoms with Crippen molar-refractivity contribution < 1.29 is 10.1 Å². The summed E-state index contributed by atoms with van der Waals surface area (Å²) in [7, 11) is 0. The summed E-state index contributed by atoms with van der Waals surface area (Å²) >= 11 is 0. The molecule has 3 aromatic carbocycles. The minimum Gasteiger partial charge on any atom is -0.332 e. The molecule has 0 aliphatic carbocycles. The van der Waals surface area contributed by atoms with Crippen molar-refractivity contribution in [3.05, 3.63) is 77.4 Å². The Labute approximate surface area is 149 Å². The molecule has 128 valence electrons. The Hall–Kier alpha value is -2.65. The van der Waals surface area contributed by atoms with Gasteiger partial charge in [0.25, 0.3) is 5.91 Å². The number of para-hydroxylation sites is 1. The standard InChI is InChI=1S/C22H24N2O/c1-15-8-6-9-16(2)22(15)24-21(25)14-23-17(3)19-13-7-11-18-10-4-5-12-20(18)19/h4-13,17,23H,14H2,1-3H3,(H,24,25)/p+1/t17-/m0/s1. The highest BCUT2D eigenvalue weighted by Gasteiger charge is 2.15. The van der Waals surface area contributed by atoms with E-state index in [0.29, 0.717) is 6.54 Å². The van der Waals surface area contributed by atoms with Gasteiger partial charge in [0.2, 0.25) is 0 Å². The van der Waals surface area contributed by atoms with Gasteiger partial charge in [-0.2, -0.15) is 0 Å². The van der Waals surface area contributed by atoms with Crippen LogP contribution in [0.15, 0.2) is 60.7 Å². The average molecular weight is 333 g/mol. The third-order valence-electron chi connectivity index (χ3n) is 4.72. The molecule has 25 heavy (non-hydrogen) atoms. The van der Waals surface area contributed by atoms with Crippen LogP contribution in [0.3, 0.4) is 0 Å². The first-order valence-electron chi connectivity index (χ1n) is 8.73. The van der Waals surface area contributed by atoms with Gasteiger partial charge in [-0.1, -0.05) is 60.7 Å². The Morgan fingerprint density at radius 2 is 1.60 bits per heavy atom. The molecule has 0 radical (unpaired) electrons. The van der Waals surface area contributed by atoms with Gasteiger partial charge in [-0.3, -0.25) is 4.79 Å². The van der Waals surface area contributed by atoms with Gasteiger partial charge in [-0.05, 0) is 42.7 Å². The first-order valence-corrected chi connectivity index (χ1v) is 8.73. The predicted molar refractivity (Wildman–Crippen MR) is 104 cm³/mol. The van der Waals surface area contributed by atoms with E-state index in [-0.39, 0.29) is 11.9 Å². The van der Waals surface area contributed by atoms with E-state index in [4.69, 9.17) is 0 Å². The molecule has 3 nitrogen and oxygen atoms in total.